The molecule has 1 fully saturated rings. The SMILES string of the molecule is COC(=O)[C@H]1CCCN(C(=O)C(F)F)C1. The minimum atomic E-state index is -3.00. The van der Waals surface area contributed by atoms with Crippen LogP contribution in [0, 0.1) is 5.92 Å². The van der Waals surface area contributed by atoms with Crippen molar-refractivity contribution in [1.29, 1.82) is 0 Å². The summed E-state index contributed by atoms with van der Waals surface area (Å²) in [4.78, 5) is 23.2. The van der Waals surface area contributed by atoms with Crippen molar-refractivity contribution in [3.63, 3.8) is 0 Å². The third-order valence-electron chi connectivity index (χ3n) is 2.45. The molecule has 0 bridgehead atoms. The molecule has 0 aromatic rings. The van der Waals surface area contributed by atoms with Gasteiger partial charge in [-0.2, -0.15) is 8.78 Å². The topological polar surface area (TPSA) is 46.6 Å². The van der Waals surface area contributed by atoms with Gasteiger partial charge in [-0.15, -0.1) is 0 Å². The van der Waals surface area contributed by atoms with Gasteiger partial charge in [0.05, 0.1) is 13.0 Å². The highest BCUT2D eigenvalue weighted by Crippen LogP contribution is 2.18. The number of halogens is 2. The van der Waals surface area contributed by atoms with Crippen molar-refractivity contribution in [3.05, 3.63) is 0 Å². The number of methoxy groups -OCH3 is 1. The van der Waals surface area contributed by atoms with E-state index in [0.29, 0.717) is 12.8 Å². The zero-order chi connectivity index (χ0) is 11.4. The minimum absolute atomic E-state index is 0.0375. The summed E-state index contributed by atoms with van der Waals surface area (Å²) in [5, 5.41) is 0. The van der Waals surface area contributed by atoms with E-state index in [2.05, 4.69) is 4.74 Å². The number of amides is 1. The van der Waals surface area contributed by atoms with Crippen LogP contribution < -0.4 is 0 Å². The Hall–Kier alpha value is -1.20. The molecule has 1 aliphatic heterocycles. The van der Waals surface area contributed by atoms with Crippen LogP contribution in [0.1, 0.15) is 12.8 Å². The quantitative estimate of drug-likeness (QED) is 0.643. The average Bonchev–Trinajstić information content (AvgIpc) is 2.27. The Kier molecular flexibility index (Phi) is 3.99. The number of esters is 1. The van der Waals surface area contributed by atoms with Gasteiger partial charge in [0.1, 0.15) is 0 Å². The number of ether oxygens (including phenoxy) is 1. The molecule has 1 atom stereocenters. The van der Waals surface area contributed by atoms with Crippen LogP contribution in [-0.4, -0.2) is 43.4 Å². The number of hydrogen-bond donors (Lipinski definition) is 0. The van der Waals surface area contributed by atoms with Gasteiger partial charge in [0.15, 0.2) is 0 Å². The van der Waals surface area contributed by atoms with E-state index in [9.17, 15) is 18.4 Å². The number of nitrogens with zero attached hydrogens (tertiary/aromatic N) is 1. The van der Waals surface area contributed by atoms with E-state index in [0.717, 1.165) is 4.90 Å². The van der Waals surface area contributed by atoms with Crippen molar-refractivity contribution in [2.24, 2.45) is 5.92 Å². The summed E-state index contributed by atoms with van der Waals surface area (Å²) in [5.74, 6) is -2.11. The zero-order valence-corrected chi connectivity index (χ0v) is 8.41. The highest BCUT2D eigenvalue weighted by Gasteiger charge is 2.32. The number of rotatable bonds is 2. The van der Waals surface area contributed by atoms with Crippen molar-refractivity contribution in [3.8, 4) is 0 Å². The Morgan fingerprint density at radius 1 is 1.47 bits per heavy atom. The van der Waals surface area contributed by atoms with E-state index in [1.165, 1.54) is 7.11 Å². The largest absolute Gasteiger partial charge is 0.469 e. The van der Waals surface area contributed by atoms with Crippen molar-refractivity contribution in [2.45, 2.75) is 19.3 Å². The Morgan fingerprint density at radius 2 is 2.13 bits per heavy atom. The van der Waals surface area contributed by atoms with E-state index in [1.807, 2.05) is 0 Å². The summed E-state index contributed by atoms with van der Waals surface area (Å²) >= 11 is 0. The molecule has 0 aromatic carbocycles. The molecule has 0 radical (unpaired) electrons. The molecule has 86 valence electrons. The highest BCUT2D eigenvalue weighted by atomic mass is 19.3. The van der Waals surface area contributed by atoms with Crippen LogP contribution in [0.5, 0.6) is 0 Å². The van der Waals surface area contributed by atoms with Gasteiger partial charge in [0.2, 0.25) is 0 Å². The Bertz CT molecular complexity index is 258. The molecule has 0 N–H and O–H groups in total. The first-order chi connectivity index (χ1) is 7.06. The summed E-state index contributed by atoms with van der Waals surface area (Å²) in [5.41, 5.74) is 0. The number of alkyl halides is 2. The van der Waals surface area contributed by atoms with Crippen LogP contribution in [0.2, 0.25) is 0 Å². The summed E-state index contributed by atoms with van der Waals surface area (Å²) < 4.78 is 28.7. The second-order valence-electron chi connectivity index (χ2n) is 3.45. The lowest BCUT2D eigenvalue weighted by Gasteiger charge is -2.30. The lowest BCUT2D eigenvalue weighted by molar-refractivity contribution is -0.152. The smallest absolute Gasteiger partial charge is 0.315 e. The Morgan fingerprint density at radius 3 is 2.67 bits per heavy atom. The van der Waals surface area contributed by atoms with Gasteiger partial charge in [0.25, 0.3) is 5.91 Å². The molecule has 1 saturated heterocycles. The Labute approximate surface area is 86.2 Å². The van der Waals surface area contributed by atoms with Crippen molar-refractivity contribution in [1.82, 2.24) is 4.90 Å². The number of hydrogen-bond acceptors (Lipinski definition) is 3. The molecular formula is C9H13F2NO3. The molecule has 0 aromatic heterocycles. The first kappa shape index (κ1) is 11.9. The van der Waals surface area contributed by atoms with Crippen LogP contribution in [0.4, 0.5) is 8.78 Å². The monoisotopic (exact) mass is 221 g/mol. The standard InChI is InChI=1S/C9H13F2NO3/c1-15-9(14)6-3-2-4-12(5-6)8(13)7(10)11/h6-7H,2-5H2,1H3/t6-/m0/s1. The van der Waals surface area contributed by atoms with Gasteiger partial charge in [-0.1, -0.05) is 0 Å². The zero-order valence-electron chi connectivity index (χ0n) is 8.41. The molecule has 1 aliphatic rings. The van der Waals surface area contributed by atoms with Crippen molar-refractivity contribution >= 4 is 11.9 Å². The first-order valence-corrected chi connectivity index (χ1v) is 4.71. The highest BCUT2D eigenvalue weighted by molar-refractivity contribution is 5.80. The maximum Gasteiger partial charge on any atom is 0.315 e. The molecule has 0 unspecified atom stereocenters. The van der Waals surface area contributed by atoms with E-state index in [1.54, 1.807) is 0 Å². The van der Waals surface area contributed by atoms with Crippen LogP contribution in [0.15, 0.2) is 0 Å². The van der Waals surface area contributed by atoms with Gasteiger partial charge >= 0.3 is 12.4 Å². The second-order valence-corrected chi connectivity index (χ2v) is 3.45. The second kappa shape index (κ2) is 5.04. The van der Waals surface area contributed by atoms with E-state index in [-0.39, 0.29) is 13.1 Å². The van der Waals surface area contributed by atoms with E-state index in [4.69, 9.17) is 0 Å². The van der Waals surface area contributed by atoms with E-state index >= 15 is 0 Å². The molecule has 1 heterocycles. The van der Waals surface area contributed by atoms with Gasteiger partial charge < -0.3 is 9.64 Å². The summed E-state index contributed by atoms with van der Waals surface area (Å²) in [6.45, 7) is 0.326. The predicted molar refractivity (Wildman–Crippen MR) is 47.3 cm³/mol. The third kappa shape index (κ3) is 2.87. The molecular weight excluding hydrogens is 208 g/mol. The fourth-order valence-electron chi connectivity index (χ4n) is 1.67. The molecule has 0 saturated carbocycles. The fraction of sp³-hybridized carbons (Fsp3) is 0.778. The Balaban J connectivity index is 2.56. The van der Waals surface area contributed by atoms with Gasteiger partial charge in [-0.25, -0.2) is 0 Å². The lowest BCUT2D eigenvalue weighted by atomic mass is 9.98. The van der Waals surface area contributed by atoms with Crippen molar-refractivity contribution < 1.29 is 23.1 Å². The van der Waals surface area contributed by atoms with Crippen LogP contribution >= 0.6 is 0 Å². The number of carbonyl (C=O) groups excluding carboxylic acids is 2. The third-order valence-corrected chi connectivity index (χ3v) is 2.45. The maximum atomic E-state index is 12.1. The number of piperidine rings is 1. The minimum Gasteiger partial charge on any atom is -0.469 e. The average molecular weight is 221 g/mol. The summed E-state index contributed by atoms with van der Waals surface area (Å²) in [6, 6.07) is 0. The van der Waals surface area contributed by atoms with Crippen LogP contribution in [0.25, 0.3) is 0 Å². The summed E-state index contributed by atoms with van der Waals surface area (Å²) in [7, 11) is 1.25. The van der Waals surface area contributed by atoms with E-state index < -0.39 is 24.2 Å². The molecule has 0 spiro atoms. The lowest BCUT2D eigenvalue weighted by Crippen LogP contribution is -2.45. The van der Waals surface area contributed by atoms with Gasteiger partial charge in [-0.3, -0.25) is 9.59 Å². The van der Waals surface area contributed by atoms with Crippen LogP contribution in [0.3, 0.4) is 0 Å². The number of carbonyl (C=O) groups is 2. The molecule has 1 amide bonds. The molecule has 0 aliphatic carbocycles. The molecule has 1 rings (SSSR count). The van der Waals surface area contributed by atoms with Crippen LogP contribution in [-0.2, 0) is 14.3 Å². The normalized spacial score (nSPS) is 21.6. The first-order valence-electron chi connectivity index (χ1n) is 4.71. The number of likely N-dealkylation sites (tertiary alicyclic amines) is 1. The van der Waals surface area contributed by atoms with Gasteiger partial charge in [0, 0.05) is 13.1 Å². The predicted octanol–water partition coefficient (Wildman–Crippen LogP) is 0.663. The molecule has 15 heavy (non-hydrogen) atoms. The maximum absolute atomic E-state index is 12.1. The molecule has 6 heteroatoms. The van der Waals surface area contributed by atoms with Gasteiger partial charge in [-0.05, 0) is 12.8 Å². The summed E-state index contributed by atoms with van der Waals surface area (Å²) in [6.07, 6.45) is -1.86. The molecule has 4 nitrogen and oxygen atoms in total. The van der Waals surface area contributed by atoms with Crippen molar-refractivity contribution in [2.75, 3.05) is 20.2 Å². The fourth-order valence-corrected chi connectivity index (χ4v) is 1.67.